The van der Waals surface area contributed by atoms with Crippen LogP contribution in [0.5, 0.6) is 0 Å². The number of nitrogens with one attached hydrogen (secondary N) is 1. The van der Waals surface area contributed by atoms with E-state index in [0.717, 1.165) is 24.1 Å². The van der Waals surface area contributed by atoms with Gasteiger partial charge in [-0.2, -0.15) is 13.2 Å². The molecule has 2 rings (SSSR count). The van der Waals surface area contributed by atoms with E-state index in [2.05, 4.69) is 24.3 Å². The first-order chi connectivity index (χ1) is 14.4. The van der Waals surface area contributed by atoms with Crippen molar-refractivity contribution < 1.29 is 37.1 Å². The molecular formula is C19H29F3N4O5. The standard InChI is InChI=1S/C17H28N4O3.C2HF3O2/c1-4-12(5-2)23-16-7-11(15-8-13(9-18)24-21-15)6-14(19)17(16)20-10(3)22;3-2(4,5)1(6)7/h7-8,12,14,16-17H,4-6,9,18-19H2,1-3H3,(H,20,22);(H,6,7)/t14-,16+,17+;/m0./s1. The molecule has 12 heteroatoms. The predicted octanol–water partition coefficient (Wildman–Crippen LogP) is 1.96. The molecule has 0 fully saturated rings. The Morgan fingerprint density at radius 1 is 1.39 bits per heavy atom. The molecule has 1 aliphatic rings. The quantitative estimate of drug-likeness (QED) is 0.492. The van der Waals surface area contributed by atoms with Gasteiger partial charge in [-0.3, -0.25) is 4.79 Å². The number of carboxylic acid groups (broad SMARTS) is 1. The molecule has 1 aromatic heterocycles. The molecule has 31 heavy (non-hydrogen) atoms. The lowest BCUT2D eigenvalue weighted by Crippen LogP contribution is -2.56. The fourth-order valence-corrected chi connectivity index (χ4v) is 3.00. The first-order valence-corrected chi connectivity index (χ1v) is 9.77. The van der Waals surface area contributed by atoms with E-state index in [9.17, 15) is 18.0 Å². The Bertz CT molecular complexity index is 762. The molecule has 0 saturated heterocycles. The van der Waals surface area contributed by atoms with E-state index in [0.29, 0.717) is 18.7 Å². The zero-order valence-electron chi connectivity index (χ0n) is 17.6. The molecule has 176 valence electrons. The molecule has 0 aromatic carbocycles. The van der Waals surface area contributed by atoms with Gasteiger partial charge in [-0.1, -0.05) is 19.0 Å². The first kappa shape index (κ1) is 26.6. The van der Waals surface area contributed by atoms with Gasteiger partial charge in [0.25, 0.3) is 0 Å². The summed E-state index contributed by atoms with van der Waals surface area (Å²) in [5.41, 5.74) is 13.6. The summed E-state index contributed by atoms with van der Waals surface area (Å²) >= 11 is 0. The summed E-state index contributed by atoms with van der Waals surface area (Å²) in [6.07, 6.45) is -0.870. The second-order valence-electron chi connectivity index (χ2n) is 7.01. The molecule has 1 aromatic rings. The minimum Gasteiger partial charge on any atom is -0.475 e. The van der Waals surface area contributed by atoms with E-state index in [-0.39, 0.29) is 30.2 Å². The Balaban J connectivity index is 0.000000592. The predicted molar refractivity (Wildman–Crippen MR) is 106 cm³/mol. The van der Waals surface area contributed by atoms with Crippen molar-refractivity contribution in [2.45, 2.75) is 77.0 Å². The van der Waals surface area contributed by atoms with Crippen LogP contribution in [0.3, 0.4) is 0 Å². The number of nitrogens with two attached hydrogens (primary N) is 2. The van der Waals surface area contributed by atoms with Crippen molar-refractivity contribution in [3.8, 4) is 0 Å². The van der Waals surface area contributed by atoms with Crippen molar-refractivity contribution in [1.82, 2.24) is 10.5 Å². The van der Waals surface area contributed by atoms with E-state index >= 15 is 0 Å². The largest absolute Gasteiger partial charge is 0.490 e. The van der Waals surface area contributed by atoms with Crippen LogP contribution in [-0.4, -0.2) is 52.6 Å². The maximum Gasteiger partial charge on any atom is 0.490 e. The lowest BCUT2D eigenvalue weighted by Gasteiger charge is -2.36. The van der Waals surface area contributed by atoms with Gasteiger partial charge in [-0.25, -0.2) is 4.79 Å². The highest BCUT2D eigenvalue weighted by Gasteiger charge is 2.38. The van der Waals surface area contributed by atoms with Gasteiger partial charge in [-0.05, 0) is 30.9 Å². The molecule has 1 amide bonds. The molecule has 0 aliphatic heterocycles. The third kappa shape index (κ3) is 8.31. The number of nitrogens with zero attached hydrogens (tertiary/aromatic N) is 1. The molecule has 0 radical (unpaired) electrons. The number of carbonyl (C=O) groups excluding carboxylic acids is 1. The number of alkyl halides is 3. The Labute approximate surface area is 178 Å². The number of aliphatic carboxylic acids is 1. The zero-order valence-corrected chi connectivity index (χ0v) is 17.6. The van der Waals surface area contributed by atoms with Crippen molar-refractivity contribution in [3.63, 3.8) is 0 Å². The molecule has 1 heterocycles. The Kier molecular flexibility index (Phi) is 10.1. The first-order valence-electron chi connectivity index (χ1n) is 9.77. The maximum atomic E-state index is 11.5. The second kappa shape index (κ2) is 11.8. The van der Waals surface area contributed by atoms with Gasteiger partial charge in [0.2, 0.25) is 5.91 Å². The fourth-order valence-electron chi connectivity index (χ4n) is 3.00. The second-order valence-corrected chi connectivity index (χ2v) is 7.01. The van der Waals surface area contributed by atoms with Gasteiger partial charge < -0.3 is 31.2 Å². The lowest BCUT2D eigenvalue weighted by molar-refractivity contribution is -0.192. The average molecular weight is 450 g/mol. The molecule has 0 unspecified atom stereocenters. The monoisotopic (exact) mass is 450 g/mol. The minimum atomic E-state index is -5.08. The number of hydrogen-bond acceptors (Lipinski definition) is 7. The van der Waals surface area contributed by atoms with Gasteiger partial charge in [0.05, 0.1) is 24.8 Å². The van der Waals surface area contributed by atoms with Crippen molar-refractivity contribution in [2.75, 3.05) is 0 Å². The van der Waals surface area contributed by atoms with E-state index in [1.54, 1.807) is 0 Å². The van der Waals surface area contributed by atoms with E-state index in [1.807, 2.05) is 12.1 Å². The third-order valence-corrected chi connectivity index (χ3v) is 4.60. The number of carboxylic acids is 1. The number of ether oxygens (including phenoxy) is 1. The SMILES string of the molecule is CCC(CC)O[C@@H]1C=C(c2cc(CN)on2)C[C@H](N)[C@H]1NC(C)=O.O=C(O)C(F)(F)F. The number of amides is 1. The number of rotatable bonds is 7. The summed E-state index contributed by atoms with van der Waals surface area (Å²) in [6.45, 7) is 5.96. The van der Waals surface area contributed by atoms with Gasteiger partial charge in [0, 0.05) is 19.0 Å². The molecule has 9 nitrogen and oxygen atoms in total. The number of carbonyl (C=O) groups is 2. The smallest absolute Gasteiger partial charge is 0.475 e. The van der Waals surface area contributed by atoms with E-state index in [4.69, 9.17) is 30.6 Å². The summed E-state index contributed by atoms with van der Waals surface area (Å²) < 4.78 is 43.1. The fraction of sp³-hybridized carbons (Fsp3) is 0.632. The maximum absolute atomic E-state index is 11.5. The molecule has 1 aliphatic carbocycles. The molecule has 0 saturated carbocycles. The molecule has 6 N–H and O–H groups in total. The van der Waals surface area contributed by atoms with Gasteiger partial charge >= 0.3 is 12.1 Å². The highest BCUT2D eigenvalue weighted by molar-refractivity contribution is 5.74. The lowest BCUT2D eigenvalue weighted by atomic mass is 9.87. The summed E-state index contributed by atoms with van der Waals surface area (Å²) in [7, 11) is 0. The van der Waals surface area contributed by atoms with Crippen molar-refractivity contribution in [2.24, 2.45) is 11.5 Å². The Hall–Kier alpha value is -2.44. The Morgan fingerprint density at radius 2 is 1.97 bits per heavy atom. The highest BCUT2D eigenvalue weighted by Crippen LogP contribution is 2.29. The molecular weight excluding hydrogens is 421 g/mol. The highest BCUT2D eigenvalue weighted by atomic mass is 19.4. The average Bonchev–Trinajstić information content (AvgIpc) is 3.17. The van der Waals surface area contributed by atoms with Crippen molar-refractivity contribution in [1.29, 1.82) is 0 Å². The summed E-state index contributed by atoms with van der Waals surface area (Å²) in [5.74, 6) is -2.24. The summed E-state index contributed by atoms with van der Waals surface area (Å²) in [5, 5.41) is 14.1. The van der Waals surface area contributed by atoms with Crippen molar-refractivity contribution in [3.05, 3.63) is 23.6 Å². The van der Waals surface area contributed by atoms with Crippen LogP contribution in [-0.2, 0) is 20.9 Å². The van der Waals surface area contributed by atoms with Crippen LogP contribution < -0.4 is 16.8 Å². The molecule has 0 bridgehead atoms. The molecule has 3 atom stereocenters. The zero-order chi connectivity index (χ0) is 23.8. The van der Waals surface area contributed by atoms with Crippen LogP contribution in [0.1, 0.15) is 51.5 Å². The number of aromatic nitrogens is 1. The van der Waals surface area contributed by atoms with E-state index in [1.165, 1.54) is 6.92 Å². The topological polar surface area (TPSA) is 154 Å². The third-order valence-electron chi connectivity index (χ3n) is 4.60. The van der Waals surface area contributed by atoms with Crippen LogP contribution in [0.2, 0.25) is 0 Å². The van der Waals surface area contributed by atoms with Crippen LogP contribution in [0.25, 0.3) is 5.57 Å². The van der Waals surface area contributed by atoms with Gasteiger partial charge in [0.15, 0.2) is 5.76 Å². The summed E-state index contributed by atoms with van der Waals surface area (Å²) in [6, 6.07) is 1.31. The number of halogens is 3. The van der Waals surface area contributed by atoms with Crippen LogP contribution in [0, 0.1) is 0 Å². The number of hydrogen-bond donors (Lipinski definition) is 4. The van der Waals surface area contributed by atoms with Gasteiger partial charge in [0.1, 0.15) is 5.69 Å². The minimum absolute atomic E-state index is 0.114. The Morgan fingerprint density at radius 3 is 2.39 bits per heavy atom. The normalized spacial score (nSPS) is 21.2. The van der Waals surface area contributed by atoms with Crippen LogP contribution in [0.15, 0.2) is 16.7 Å². The summed E-state index contributed by atoms with van der Waals surface area (Å²) in [4.78, 5) is 20.4. The van der Waals surface area contributed by atoms with Crippen LogP contribution >= 0.6 is 0 Å². The van der Waals surface area contributed by atoms with Crippen molar-refractivity contribution >= 4 is 17.4 Å². The van der Waals surface area contributed by atoms with Crippen LogP contribution in [0.4, 0.5) is 13.2 Å². The van der Waals surface area contributed by atoms with Gasteiger partial charge in [-0.15, -0.1) is 0 Å². The van der Waals surface area contributed by atoms with E-state index < -0.39 is 12.1 Å². The molecule has 0 spiro atoms.